The lowest BCUT2D eigenvalue weighted by molar-refractivity contribution is -0.138. The third-order valence-corrected chi connectivity index (χ3v) is 5.07. The molecule has 2 aromatic carbocycles. The van der Waals surface area contributed by atoms with Crippen LogP contribution in [0.25, 0.3) is 11.1 Å². The molecule has 0 atom stereocenters. The summed E-state index contributed by atoms with van der Waals surface area (Å²) in [7, 11) is 1.04. The Hall–Kier alpha value is -4.41. The van der Waals surface area contributed by atoms with Crippen LogP contribution in [0.5, 0.6) is 5.75 Å². The molecule has 0 aliphatic heterocycles. The van der Waals surface area contributed by atoms with Gasteiger partial charge < -0.3 is 14.8 Å². The van der Waals surface area contributed by atoms with Gasteiger partial charge in [0.2, 0.25) is 5.91 Å². The molecular weight excluding hydrogens is 503 g/mol. The highest BCUT2D eigenvalue weighted by molar-refractivity contribution is 6.12. The molecule has 1 heterocycles. The van der Waals surface area contributed by atoms with Crippen LogP contribution in [0.3, 0.4) is 0 Å². The van der Waals surface area contributed by atoms with Crippen molar-refractivity contribution in [3.8, 4) is 16.9 Å². The largest absolute Gasteiger partial charge is 0.496 e. The van der Waals surface area contributed by atoms with E-state index < -0.39 is 47.3 Å². The molecule has 2 amide bonds. The Kier molecular flexibility index (Phi) is 8.39. The Morgan fingerprint density at radius 2 is 1.55 bits per heavy atom. The second-order valence-corrected chi connectivity index (χ2v) is 9.19. The van der Waals surface area contributed by atoms with Crippen LogP contribution in [-0.2, 0) is 15.7 Å². The number of benzene rings is 2. The summed E-state index contributed by atoms with van der Waals surface area (Å²) in [6.45, 7) is 4.83. The van der Waals surface area contributed by atoms with E-state index in [-0.39, 0.29) is 16.9 Å². The maximum atomic E-state index is 13.6. The number of carbonyl (C=O) groups is 3. The van der Waals surface area contributed by atoms with Crippen molar-refractivity contribution in [2.75, 3.05) is 17.7 Å². The van der Waals surface area contributed by atoms with E-state index in [4.69, 9.17) is 9.47 Å². The fraction of sp³-hybridized carbons (Fsp3) is 0.259. The Labute approximate surface area is 217 Å². The Balaban J connectivity index is 1.86. The van der Waals surface area contributed by atoms with Crippen LogP contribution in [0.15, 0.2) is 60.9 Å². The van der Waals surface area contributed by atoms with E-state index in [0.717, 1.165) is 24.3 Å². The topological polar surface area (TPSA) is 107 Å². The summed E-state index contributed by atoms with van der Waals surface area (Å²) in [5, 5.41) is 4.62. The van der Waals surface area contributed by atoms with Crippen molar-refractivity contribution in [2.45, 2.75) is 39.0 Å². The van der Waals surface area contributed by atoms with E-state index >= 15 is 0 Å². The monoisotopic (exact) mass is 529 g/mol. The second-order valence-electron chi connectivity index (χ2n) is 9.19. The minimum atomic E-state index is -4.82. The Morgan fingerprint density at radius 3 is 2.16 bits per heavy atom. The number of carbonyl (C=O) groups excluding carboxylic acids is 3. The number of nitrogens with zero attached hydrogens (tertiary/aromatic N) is 1. The summed E-state index contributed by atoms with van der Waals surface area (Å²) < 4.78 is 50.8. The van der Waals surface area contributed by atoms with Gasteiger partial charge in [0.1, 0.15) is 11.4 Å². The number of alkyl halides is 3. The first-order chi connectivity index (χ1) is 17.8. The van der Waals surface area contributed by atoms with E-state index in [2.05, 4.69) is 15.6 Å². The average molecular weight is 530 g/mol. The van der Waals surface area contributed by atoms with E-state index in [0.29, 0.717) is 6.07 Å². The molecule has 0 aliphatic carbocycles. The number of rotatable bonds is 7. The highest BCUT2D eigenvalue weighted by Gasteiger charge is 2.36. The molecule has 0 bridgehead atoms. The molecule has 200 valence electrons. The van der Waals surface area contributed by atoms with E-state index in [9.17, 15) is 27.6 Å². The van der Waals surface area contributed by atoms with Gasteiger partial charge in [0.15, 0.2) is 5.78 Å². The number of amides is 2. The summed E-state index contributed by atoms with van der Waals surface area (Å²) in [6.07, 6.45) is -3.23. The van der Waals surface area contributed by atoms with E-state index in [1.54, 1.807) is 63.5 Å². The number of Topliss-reactive ketones (excluding diaryl/α,β-unsaturated/α-hetero) is 1. The molecule has 0 unspecified atom stereocenters. The summed E-state index contributed by atoms with van der Waals surface area (Å²) in [5.41, 5.74) is -0.867. The molecule has 0 radical (unpaired) electrons. The van der Waals surface area contributed by atoms with Gasteiger partial charge in [-0.3, -0.25) is 19.9 Å². The lowest BCUT2D eigenvalue weighted by Crippen LogP contribution is -2.28. The van der Waals surface area contributed by atoms with Gasteiger partial charge in [-0.25, -0.2) is 4.79 Å². The van der Waals surface area contributed by atoms with Crippen molar-refractivity contribution in [3.63, 3.8) is 0 Å². The van der Waals surface area contributed by atoms with Crippen LogP contribution >= 0.6 is 0 Å². The van der Waals surface area contributed by atoms with Crippen molar-refractivity contribution in [1.29, 1.82) is 0 Å². The molecule has 3 aromatic rings. The maximum absolute atomic E-state index is 13.6. The number of pyridine rings is 1. The van der Waals surface area contributed by atoms with E-state index in [1.165, 1.54) is 6.07 Å². The Morgan fingerprint density at radius 1 is 0.895 bits per heavy atom. The second kappa shape index (κ2) is 11.3. The summed E-state index contributed by atoms with van der Waals surface area (Å²) >= 11 is 0. The molecule has 0 saturated carbocycles. The predicted molar refractivity (Wildman–Crippen MR) is 135 cm³/mol. The maximum Gasteiger partial charge on any atom is 0.420 e. The third kappa shape index (κ3) is 7.55. The molecule has 0 saturated heterocycles. The molecule has 0 spiro atoms. The lowest BCUT2D eigenvalue weighted by atomic mass is 10.0. The molecule has 11 heteroatoms. The van der Waals surface area contributed by atoms with Gasteiger partial charge in [0, 0.05) is 24.0 Å². The first-order valence-electron chi connectivity index (χ1n) is 11.4. The zero-order valence-corrected chi connectivity index (χ0v) is 21.1. The van der Waals surface area contributed by atoms with Crippen LogP contribution in [0, 0.1) is 0 Å². The molecule has 8 nitrogen and oxygen atoms in total. The predicted octanol–water partition coefficient (Wildman–Crippen LogP) is 6.33. The molecule has 1 aromatic heterocycles. The van der Waals surface area contributed by atoms with Crippen molar-refractivity contribution < 1.29 is 37.0 Å². The van der Waals surface area contributed by atoms with Gasteiger partial charge in [-0.2, -0.15) is 13.2 Å². The zero-order chi connectivity index (χ0) is 28.1. The number of hydrogen-bond donors (Lipinski definition) is 2. The number of anilines is 2. The molecule has 0 aliphatic rings. The first kappa shape index (κ1) is 28.2. The summed E-state index contributed by atoms with van der Waals surface area (Å²) in [4.78, 5) is 41.8. The lowest BCUT2D eigenvalue weighted by Gasteiger charge is -2.22. The van der Waals surface area contributed by atoms with Gasteiger partial charge >= 0.3 is 12.3 Å². The van der Waals surface area contributed by atoms with Crippen LogP contribution < -0.4 is 15.4 Å². The zero-order valence-electron chi connectivity index (χ0n) is 21.1. The van der Waals surface area contributed by atoms with Gasteiger partial charge in [-0.05, 0) is 56.2 Å². The minimum absolute atomic E-state index is 0.204. The van der Waals surface area contributed by atoms with Gasteiger partial charge in [-0.1, -0.05) is 18.2 Å². The van der Waals surface area contributed by atoms with Gasteiger partial charge in [-0.15, -0.1) is 0 Å². The summed E-state index contributed by atoms with van der Waals surface area (Å²) in [5.74, 6) is -2.01. The fourth-order valence-electron chi connectivity index (χ4n) is 3.45. The number of methoxy groups -OCH3 is 1. The number of aromatic nitrogens is 1. The van der Waals surface area contributed by atoms with Crippen molar-refractivity contribution in [3.05, 3.63) is 72.1 Å². The summed E-state index contributed by atoms with van der Waals surface area (Å²) in [6, 6.07) is 11.6. The molecular formula is C27H26F3N3O5. The number of nitrogens with one attached hydrogen (secondary N) is 2. The van der Waals surface area contributed by atoms with Crippen molar-refractivity contribution in [1.82, 2.24) is 4.98 Å². The molecule has 38 heavy (non-hydrogen) atoms. The minimum Gasteiger partial charge on any atom is -0.496 e. The highest BCUT2D eigenvalue weighted by atomic mass is 19.4. The standard InChI is InChI=1S/C27H26F3N3O5/c1-26(2,3)38-25(36)33-21-14-23(37-4)19(27(28,29)30)13-20(21)32-24(35)15-22(34)18-7-5-6-17(12-18)16-8-10-31-11-9-16/h5-14H,15H2,1-4H3,(H,32,35)(H,33,36). The number of halogens is 3. The van der Waals surface area contributed by atoms with E-state index in [1.807, 2.05) is 0 Å². The molecule has 3 rings (SSSR count). The van der Waals surface area contributed by atoms with Crippen LogP contribution in [0.4, 0.5) is 29.3 Å². The van der Waals surface area contributed by atoms with Crippen LogP contribution in [-0.4, -0.2) is 35.5 Å². The Bertz CT molecular complexity index is 1340. The van der Waals surface area contributed by atoms with Gasteiger partial charge in [0.25, 0.3) is 0 Å². The van der Waals surface area contributed by atoms with Crippen molar-refractivity contribution >= 4 is 29.2 Å². The fourth-order valence-corrected chi connectivity index (χ4v) is 3.45. The molecule has 2 N–H and O–H groups in total. The van der Waals surface area contributed by atoms with Crippen molar-refractivity contribution in [2.24, 2.45) is 0 Å². The number of hydrogen-bond acceptors (Lipinski definition) is 6. The van der Waals surface area contributed by atoms with Crippen LogP contribution in [0.1, 0.15) is 43.1 Å². The number of ketones is 1. The van der Waals surface area contributed by atoms with Crippen LogP contribution in [0.2, 0.25) is 0 Å². The highest BCUT2D eigenvalue weighted by Crippen LogP contribution is 2.41. The third-order valence-electron chi connectivity index (χ3n) is 5.07. The first-order valence-corrected chi connectivity index (χ1v) is 11.4. The average Bonchev–Trinajstić information content (AvgIpc) is 2.83. The van der Waals surface area contributed by atoms with Gasteiger partial charge in [0.05, 0.1) is 30.5 Å². The quantitative estimate of drug-likeness (QED) is 0.274. The normalized spacial score (nSPS) is 11.4. The molecule has 0 fully saturated rings. The number of ether oxygens (including phenoxy) is 2. The SMILES string of the molecule is COc1cc(NC(=O)OC(C)(C)C)c(NC(=O)CC(=O)c2cccc(-c3ccncc3)c2)cc1C(F)(F)F. The smallest absolute Gasteiger partial charge is 0.420 e.